The highest BCUT2D eigenvalue weighted by Gasteiger charge is 2.08. The van der Waals surface area contributed by atoms with Gasteiger partial charge in [0.15, 0.2) is 11.6 Å². The van der Waals surface area contributed by atoms with Crippen molar-refractivity contribution in [2.45, 2.75) is 26.4 Å². The number of hydrogen-bond acceptors (Lipinski definition) is 4. The quantitative estimate of drug-likeness (QED) is 0.914. The van der Waals surface area contributed by atoms with Crippen LogP contribution in [-0.4, -0.2) is 16.7 Å². The molecule has 0 saturated carbocycles. The fraction of sp³-hybridized carbons (Fsp3) is 0.357. The van der Waals surface area contributed by atoms with Crippen LogP contribution < -0.4 is 4.74 Å². The minimum atomic E-state index is -0.677. The van der Waals surface area contributed by atoms with E-state index in [0.717, 1.165) is 10.6 Å². The molecule has 5 heteroatoms. The molecule has 0 spiro atoms. The number of hydrogen-bond donors (Lipinski definition) is 1. The first-order chi connectivity index (χ1) is 9.08. The summed E-state index contributed by atoms with van der Waals surface area (Å²) in [5.41, 5.74) is 3.34. The Hall–Kier alpha value is -1.46. The van der Waals surface area contributed by atoms with Crippen LogP contribution in [0, 0.1) is 12.7 Å². The number of ether oxygens (including phenoxy) is 1. The summed E-state index contributed by atoms with van der Waals surface area (Å²) in [6.45, 7) is 3.96. The third kappa shape index (κ3) is 3.52. The molecule has 0 aliphatic carbocycles. The van der Waals surface area contributed by atoms with Crippen LogP contribution in [0.4, 0.5) is 4.39 Å². The molecule has 1 aromatic carbocycles. The van der Waals surface area contributed by atoms with Crippen LogP contribution in [0.25, 0.3) is 0 Å². The number of halogens is 1. The normalized spacial score (nSPS) is 12.4. The van der Waals surface area contributed by atoms with Crippen LogP contribution in [0.5, 0.6) is 5.75 Å². The first kappa shape index (κ1) is 14.0. The van der Waals surface area contributed by atoms with E-state index in [1.54, 1.807) is 35.9 Å². The zero-order valence-corrected chi connectivity index (χ0v) is 11.7. The lowest BCUT2D eigenvalue weighted by Crippen LogP contribution is -2.03. The van der Waals surface area contributed by atoms with E-state index in [9.17, 15) is 9.50 Å². The van der Waals surface area contributed by atoms with Crippen molar-refractivity contribution in [3.8, 4) is 5.75 Å². The van der Waals surface area contributed by atoms with Gasteiger partial charge >= 0.3 is 0 Å². The Morgan fingerprint density at radius 1 is 1.47 bits per heavy atom. The van der Waals surface area contributed by atoms with Gasteiger partial charge in [-0.25, -0.2) is 9.37 Å². The third-order valence-corrected chi connectivity index (χ3v) is 3.86. The summed E-state index contributed by atoms with van der Waals surface area (Å²) in [5.74, 6) is -0.231. The van der Waals surface area contributed by atoms with Crippen molar-refractivity contribution >= 4 is 11.3 Å². The number of rotatable bonds is 5. The molecular formula is C14H16FNO2S. The zero-order valence-electron chi connectivity index (χ0n) is 10.9. The molecule has 2 aromatic rings. The number of thiazole rings is 1. The van der Waals surface area contributed by atoms with Gasteiger partial charge in [0.25, 0.3) is 0 Å². The summed E-state index contributed by atoms with van der Waals surface area (Å²) in [4.78, 5) is 5.31. The molecule has 0 fully saturated rings. The topological polar surface area (TPSA) is 42.4 Å². The molecule has 1 heterocycles. The van der Waals surface area contributed by atoms with Gasteiger partial charge in [0.1, 0.15) is 0 Å². The van der Waals surface area contributed by atoms with Crippen LogP contribution in [0.1, 0.15) is 29.2 Å². The summed E-state index contributed by atoms with van der Waals surface area (Å²) in [6, 6.07) is 4.52. The Kier molecular flexibility index (Phi) is 4.50. The molecule has 0 bridgehead atoms. The van der Waals surface area contributed by atoms with Gasteiger partial charge < -0.3 is 9.84 Å². The smallest absolute Gasteiger partial charge is 0.165 e. The molecule has 0 amide bonds. The Labute approximate surface area is 115 Å². The van der Waals surface area contributed by atoms with Crippen molar-refractivity contribution in [2.75, 3.05) is 6.61 Å². The van der Waals surface area contributed by atoms with Crippen molar-refractivity contribution in [3.63, 3.8) is 0 Å². The van der Waals surface area contributed by atoms with Gasteiger partial charge in [-0.2, -0.15) is 0 Å². The molecule has 0 aliphatic rings. The lowest BCUT2D eigenvalue weighted by atomic mass is 10.1. The maximum atomic E-state index is 13.7. The van der Waals surface area contributed by atoms with Crippen LogP contribution in [0.3, 0.4) is 0 Å². The number of aromatic nitrogens is 1. The molecule has 1 unspecified atom stereocenters. The second-order valence-electron chi connectivity index (χ2n) is 4.33. The molecule has 3 nitrogen and oxygen atoms in total. The Morgan fingerprint density at radius 3 is 2.84 bits per heavy atom. The molecule has 102 valence electrons. The third-order valence-electron chi connectivity index (χ3n) is 2.87. The molecule has 2 rings (SSSR count). The van der Waals surface area contributed by atoms with Gasteiger partial charge in [-0.3, -0.25) is 0 Å². The van der Waals surface area contributed by atoms with Gasteiger partial charge in [-0.15, -0.1) is 11.3 Å². The molecule has 19 heavy (non-hydrogen) atoms. The van der Waals surface area contributed by atoms with Crippen LogP contribution >= 0.6 is 11.3 Å². The molecule has 0 radical (unpaired) electrons. The number of aliphatic hydroxyl groups is 1. The van der Waals surface area contributed by atoms with Crippen LogP contribution in [0.15, 0.2) is 23.7 Å². The van der Waals surface area contributed by atoms with E-state index in [0.29, 0.717) is 18.6 Å². The zero-order chi connectivity index (χ0) is 13.8. The largest absolute Gasteiger partial charge is 0.490 e. The predicted molar refractivity (Wildman–Crippen MR) is 73.1 cm³/mol. The van der Waals surface area contributed by atoms with E-state index in [2.05, 4.69) is 4.98 Å². The first-order valence-corrected chi connectivity index (χ1v) is 6.95. The highest BCUT2D eigenvalue weighted by molar-refractivity contribution is 7.09. The number of nitrogens with zero attached hydrogens (tertiary/aromatic N) is 1. The van der Waals surface area contributed by atoms with Gasteiger partial charge in [0.2, 0.25) is 0 Å². The van der Waals surface area contributed by atoms with E-state index in [1.165, 1.54) is 6.07 Å². The van der Waals surface area contributed by atoms with Gasteiger partial charge in [0.05, 0.1) is 23.9 Å². The van der Waals surface area contributed by atoms with Crippen molar-refractivity contribution in [2.24, 2.45) is 0 Å². The number of aryl methyl sites for hydroxylation is 1. The highest BCUT2D eigenvalue weighted by Crippen LogP contribution is 2.22. The minimum Gasteiger partial charge on any atom is -0.490 e. The Balaban J connectivity index is 1.95. The predicted octanol–water partition coefficient (Wildman–Crippen LogP) is 3.27. The summed E-state index contributed by atoms with van der Waals surface area (Å²) >= 11 is 1.58. The molecule has 1 aromatic heterocycles. The highest BCUT2D eigenvalue weighted by atomic mass is 32.1. The molecule has 0 aliphatic heterocycles. The molecular weight excluding hydrogens is 265 g/mol. The number of benzene rings is 1. The first-order valence-electron chi connectivity index (χ1n) is 6.07. The monoisotopic (exact) mass is 281 g/mol. The van der Waals surface area contributed by atoms with E-state index >= 15 is 0 Å². The fourth-order valence-electron chi connectivity index (χ4n) is 1.71. The van der Waals surface area contributed by atoms with Crippen molar-refractivity contribution in [1.82, 2.24) is 4.98 Å². The van der Waals surface area contributed by atoms with E-state index in [4.69, 9.17) is 4.74 Å². The summed E-state index contributed by atoms with van der Waals surface area (Å²) < 4.78 is 19.1. The van der Waals surface area contributed by atoms with Crippen molar-refractivity contribution in [3.05, 3.63) is 45.7 Å². The fourth-order valence-corrected chi connectivity index (χ4v) is 2.48. The maximum Gasteiger partial charge on any atom is 0.165 e. The van der Waals surface area contributed by atoms with Crippen LogP contribution in [-0.2, 0) is 6.42 Å². The molecule has 0 saturated heterocycles. The summed E-state index contributed by atoms with van der Waals surface area (Å²) in [5, 5.41) is 9.36. The Bertz CT molecular complexity index is 554. The maximum absolute atomic E-state index is 13.7. The van der Waals surface area contributed by atoms with Gasteiger partial charge in [-0.1, -0.05) is 6.07 Å². The standard InChI is InChI=1S/C14H16FNO2S/c1-9-14(19-8-16-9)5-6-18-13-4-3-11(10(2)17)7-12(13)15/h3-4,7-8,10,17H,5-6H2,1-2H3. The van der Waals surface area contributed by atoms with Gasteiger partial charge in [0, 0.05) is 11.3 Å². The molecule has 1 atom stereocenters. The average molecular weight is 281 g/mol. The summed E-state index contributed by atoms with van der Waals surface area (Å²) in [6.07, 6.45) is 0.0389. The SMILES string of the molecule is Cc1ncsc1CCOc1ccc(C(C)O)cc1F. The lowest BCUT2D eigenvalue weighted by molar-refractivity contribution is 0.198. The second kappa shape index (κ2) is 6.12. The van der Waals surface area contributed by atoms with E-state index < -0.39 is 11.9 Å². The lowest BCUT2D eigenvalue weighted by Gasteiger charge is -2.09. The van der Waals surface area contributed by atoms with Crippen molar-refractivity contribution in [1.29, 1.82) is 0 Å². The Morgan fingerprint density at radius 2 is 2.26 bits per heavy atom. The second-order valence-corrected chi connectivity index (χ2v) is 5.26. The van der Waals surface area contributed by atoms with Crippen molar-refractivity contribution < 1.29 is 14.2 Å². The van der Waals surface area contributed by atoms with E-state index in [1.807, 2.05) is 6.92 Å². The van der Waals surface area contributed by atoms with E-state index in [-0.39, 0.29) is 5.75 Å². The van der Waals surface area contributed by atoms with Crippen LogP contribution in [0.2, 0.25) is 0 Å². The molecule has 1 N–H and O–H groups in total. The average Bonchev–Trinajstić information content (AvgIpc) is 2.77. The van der Waals surface area contributed by atoms with Gasteiger partial charge in [-0.05, 0) is 31.5 Å². The number of aliphatic hydroxyl groups excluding tert-OH is 1. The minimum absolute atomic E-state index is 0.214. The summed E-state index contributed by atoms with van der Waals surface area (Å²) in [7, 11) is 0.